The van der Waals surface area contributed by atoms with Crippen molar-refractivity contribution in [2.45, 2.75) is 168 Å². The molecule has 0 radical (unpaired) electrons. The predicted octanol–water partition coefficient (Wildman–Crippen LogP) is 11.0. The average molecular weight is 477 g/mol. The third-order valence-electron chi connectivity index (χ3n) is 6.70. The molecule has 0 bridgehead atoms. The Balaban J connectivity index is 3.30. The highest BCUT2D eigenvalue weighted by Gasteiger charge is 1.97. The summed E-state index contributed by atoms with van der Waals surface area (Å²) in [6.45, 7) is 5.11. The van der Waals surface area contributed by atoms with E-state index in [1.165, 1.54) is 141 Å². The van der Waals surface area contributed by atoms with Crippen molar-refractivity contribution in [3.05, 3.63) is 24.3 Å². The second-order valence-electron chi connectivity index (χ2n) is 10.2. The number of hydrogen-bond donors (Lipinski definition) is 0. The van der Waals surface area contributed by atoms with E-state index in [4.69, 9.17) is 4.74 Å². The zero-order valence-electron chi connectivity index (χ0n) is 23.3. The lowest BCUT2D eigenvalue weighted by Crippen LogP contribution is -2.02. The van der Waals surface area contributed by atoms with Gasteiger partial charge in [-0.2, -0.15) is 0 Å². The highest BCUT2D eigenvalue weighted by Crippen LogP contribution is 2.13. The molecule has 0 fully saturated rings. The van der Waals surface area contributed by atoms with Gasteiger partial charge < -0.3 is 4.74 Å². The molecular weight excluding hydrogens is 416 g/mol. The first kappa shape index (κ1) is 33.0. The van der Waals surface area contributed by atoms with Gasteiger partial charge in [0.25, 0.3) is 0 Å². The van der Waals surface area contributed by atoms with E-state index < -0.39 is 0 Å². The third kappa shape index (κ3) is 29.0. The van der Waals surface area contributed by atoms with Gasteiger partial charge in [-0.15, -0.1) is 0 Å². The lowest BCUT2D eigenvalue weighted by atomic mass is 10.0. The summed E-state index contributed by atoms with van der Waals surface area (Å²) in [5.74, 6) is -0.207. The van der Waals surface area contributed by atoms with Crippen LogP contribution in [0.3, 0.4) is 0 Å². The van der Waals surface area contributed by atoms with E-state index >= 15 is 0 Å². The first-order chi connectivity index (χ1) is 16.8. The fraction of sp³-hybridized carbons (Fsp3) is 0.844. The van der Waals surface area contributed by atoms with E-state index in [1.807, 2.05) is 12.2 Å². The van der Waals surface area contributed by atoms with Crippen molar-refractivity contribution < 1.29 is 9.53 Å². The minimum atomic E-state index is -0.207. The summed E-state index contributed by atoms with van der Waals surface area (Å²) >= 11 is 0. The Morgan fingerprint density at radius 1 is 0.500 bits per heavy atom. The molecule has 0 spiro atoms. The monoisotopic (exact) mass is 476 g/mol. The predicted molar refractivity (Wildman–Crippen MR) is 151 cm³/mol. The maximum Gasteiger partial charge on any atom is 0.330 e. The van der Waals surface area contributed by atoms with Gasteiger partial charge in [0.15, 0.2) is 0 Å². The molecule has 0 saturated heterocycles. The van der Waals surface area contributed by atoms with Crippen LogP contribution in [0.15, 0.2) is 24.3 Å². The molecule has 0 atom stereocenters. The molecule has 34 heavy (non-hydrogen) atoms. The molecule has 0 unspecified atom stereocenters. The lowest BCUT2D eigenvalue weighted by Gasteiger charge is -2.03. The van der Waals surface area contributed by atoms with Crippen LogP contribution in [0.2, 0.25) is 0 Å². The number of rotatable bonds is 27. The topological polar surface area (TPSA) is 26.3 Å². The summed E-state index contributed by atoms with van der Waals surface area (Å²) in [7, 11) is 0. The second-order valence-corrected chi connectivity index (χ2v) is 10.2. The van der Waals surface area contributed by atoms with Crippen LogP contribution in [0.4, 0.5) is 0 Å². The smallest absolute Gasteiger partial charge is 0.330 e. The molecule has 0 heterocycles. The Bertz CT molecular complexity index is 452. The molecule has 0 saturated carbocycles. The van der Waals surface area contributed by atoms with E-state index in [9.17, 15) is 4.79 Å². The number of carbonyl (C=O) groups is 1. The quantitative estimate of drug-likeness (QED) is 0.0510. The number of allylic oxidation sites excluding steroid dienone is 3. The van der Waals surface area contributed by atoms with E-state index in [0.717, 1.165) is 12.8 Å². The van der Waals surface area contributed by atoms with Crippen LogP contribution in [0.5, 0.6) is 0 Å². The minimum Gasteiger partial charge on any atom is -0.463 e. The van der Waals surface area contributed by atoms with Gasteiger partial charge in [0.2, 0.25) is 0 Å². The van der Waals surface area contributed by atoms with Gasteiger partial charge in [-0.3, -0.25) is 0 Å². The van der Waals surface area contributed by atoms with Crippen LogP contribution in [-0.4, -0.2) is 12.6 Å². The highest BCUT2D eigenvalue weighted by molar-refractivity contribution is 5.82. The summed E-state index contributed by atoms with van der Waals surface area (Å²) in [6, 6.07) is 0. The van der Waals surface area contributed by atoms with Gasteiger partial charge in [-0.05, 0) is 19.3 Å². The standard InChI is InChI=1S/C32H60O2/c1-3-5-7-9-11-13-15-16-17-18-19-20-21-22-24-26-28-30-32(33)34-31-29-27-25-23-14-12-10-8-6-4-2/h24,26,28,30H,3-23,25,27,29,31H2,1-2H3. The van der Waals surface area contributed by atoms with Gasteiger partial charge in [0, 0.05) is 6.08 Å². The molecule has 0 aliphatic rings. The molecule has 200 valence electrons. The third-order valence-corrected chi connectivity index (χ3v) is 6.70. The van der Waals surface area contributed by atoms with Crippen molar-refractivity contribution in [1.82, 2.24) is 0 Å². The second kappa shape index (κ2) is 30.0. The van der Waals surface area contributed by atoms with E-state index in [0.29, 0.717) is 6.61 Å². The molecule has 2 nitrogen and oxygen atoms in total. The van der Waals surface area contributed by atoms with E-state index in [2.05, 4.69) is 19.9 Å². The van der Waals surface area contributed by atoms with Crippen molar-refractivity contribution in [2.24, 2.45) is 0 Å². The Morgan fingerprint density at radius 2 is 0.882 bits per heavy atom. The van der Waals surface area contributed by atoms with Gasteiger partial charge in [0.1, 0.15) is 0 Å². The van der Waals surface area contributed by atoms with Crippen LogP contribution < -0.4 is 0 Å². The summed E-state index contributed by atoms with van der Waals surface area (Å²) in [4.78, 5) is 11.7. The van der Waals surface area contributed by atoms with Crippen LogP contribution in [-0.2, 0) is 9.53 Å². The van der Waals surface area contributed by atoms with Gasteiger partial charge in [0.05, 0.1) is 6.61 Å². The molecule has 0 aromatic carbocycles. The molecule has 0 rings (SSSR count). The lowest BCUT2D eigenvalue weighted by molar-refractivity contribution is -0.137. The molecule has 0 aliphatic heterocycles. The van der Waals surface area contributed by atoms with Gasteiger partial charge in [-0.1, -0.05) is 167 Å². The number of unbranched alkanes of at least 4 members (excludes halogenated alkanes) is 22. The van der Waals surface area contributed by atoms with E-state index in [1.54, 1.807) is 6.08 Å². The molecule has 0 aliphatic carbocycles. The number of hydrogen-bond acceptors (Lipinski definition) is 2. The minimum absolute atomic E-state index is 0.207. The fourth-order valence-corrected chi connectivity index (χ4v) is 4.40. The molecule has 0 aromatic rings. The summed E-state index contributed by atoms with van der Waals surface area (Å²) < 4.78 is 5.28. The molecule has 2 heteroatoms. The summed E-state index contributed by atoms with van der Waals surface area (Å²) in [6.07, 6.45) is 39.8. The Kier molecular flexibility index (Phi) is 29.1. The Morgan fingerprint density at radius 3 is 1.32 bits per heavy atom. The van der Waals surface area contributed by atoms with Crippen molar-refractivity contribution in [3.63, 3.8) is 0 Å². The van der Waals surface area contributed by atoms with Crippen molar-refractivity contribution >= 4 is 5.97 Å². The number of esters is 1. The van der Waals surface area contributed by atoms with Crippen molar-refractivity contribution in [3.8, 4) is 0 Å². The van der Waals surface area contributed by atoms with Crippen molar-refractivity contribution in [1.29, 1.82) is 0 Å². The Labute approximate surface area is 214 Å². The Hall–Kier alpha value is -1.05. The van der Waals surface area contributed by atoms with Crippen molar-refractivity contribution in [2.75, 3.05) is 6.61 Å². The number of carbonyl (C=O) groups excluding carboxylic acids is 1. The maximum atomic E-state index is 11.7. The van der Waals surface area contributed by atoms with Crippen LogP contribution in [0.1, 0.15) is 168 Å². The molecule has 0 aromatic heterocycles. The number of ether oxygens (including phenoxy) is 1. The zero-order chi connectivity index (χ0) is 24.8. The maximum absolute atomic E-state index is 11.7. The first-order valence-corrected chi connectivity index (χ1v) is 15.3. The molecule has 0 amide bonds. The molecular formula is C32H60O2. The SMILES string of the molecule is CCCCCCCCCCCCCCCC=CC=CC(=O)OCCCCCCCCCCCC. The fourth-order valence-electron chi connectivity index (χ4n) is 4.40. The normalized spacial score (nSPS) is 11.7. The van der Waals surface area contributed by atoms with Gasteiger partial charge >= 0.3 is 5.97 Å². The van der Waals surface area contributed by atoms with Crippen LogP contribution >= 0.6 is 0 Å². The van der Waals surface area contributed by atoms with Crippen LogP contribution in [0.25, 0.3) is 0 Å². The first-order valence-electron chi connectivity index (χ1n) is 15.3. The average Bonchev–Trinajstić information content (AvgIpc) is 2.84. The van der Waals surface area contributed by atoms with Gasteiger partial charge in [-0.25, -0.2) is 4.79 Å². The largest absolute Gasteiger partial charge is 0.463 e. The highest BCUT2D eigenvalue weighted by atomic mass is 16.5. The van der Waals surface area contributed by atoms with Crippen LogP contribution in [0, 0.1) is 0 Å². The zero-order valence-corrected chi connectivity index (χ0v) is 23.3. The molecule has 0 N–H and O–H groups in total. The summed E-state index contributed by atoms with van der Waals surface area (Å²) in [5.41, 5.74) is 0. The van der Waals surface area contributed by atoms with E-state index in [-0.39, 0.29) is 5.97 Å². The summed E-state index contributed by atoms with van der Waals surface area (Å²) in [5, 5.41) is 0.